The first-order valence-corrected chi connectivity index (χ1v) is 7.55. The van der Waals surface area contributed by atoms with Crippen LogP contribution in [0.25, 0.3) is 0 Å². The van der Waals surface area contributed by atoms with Crippen molar-refractivity contribution in [2.75, 3.05) is 18.9 Å². The number of anilines is 1. The molecule has 1 aliphatic carbocycles. The number of fused-ring (bicyclic) bond motifs is 1. The minimum absolute atomic E-state index is 0.498. The summed E-state index contributed by atoms with van der Waals surface area (Å²) in [6, 6.07) is 13.9. The van der Waals surface area contributed by atoms with Crippen LogP contribution >= 0.6 is 0 Å². The number of ether oxygens (including phenoxy) is 2. The lowest BCUT2D eigenvalue weighted by atomic mass is 9.91. The molecule has 0 radical (unpaired) electrons. The van der Waals surface area contributed by atoms with Crippen LogP contribution in [0.3, 0.4) is 0 Å². The Morgan fingerprint density at radius 3 is 2.38 bits per heavy atom. The summed E-state index contributed by atoms with van der Waals surface area (Å²) in [5.41, 5.74) is 9.32. The van der Waals surface area contributed by atoms with Crippen LogP contribution in [0.2, 0.25) is 0 Å². The summed E-state index contributed by atoms with van der Waals surface area (Å²) in [4.78, 5) is 0. The standard InChI is InChI=1S/C18H21NO2/c19-16-9-3-4-10-18(16)21-13-12-20-17-11-5-7-14-6-1-2-8-15(14)17/h3-5,7,9-11H,1-2,6,8,12-13,19H2. The van der Waals surface area contributed by atoms with Crippen molar-refractivity contribution in [3.05, 3.63) is 53.6 Å². The third kappa shape index (κ3) is 3.30. The number of para-hydroxylation sites is 2. The van der Waals surface area contributed by atoms with E-state index in [1.807, 2.05) is 24.3 Å². The lowest BCUT2D eigenvalue weighted by Gasteiger charge is -2.19. The smallest absolute Gasteiger partial charge is 0.142 e. The summed E-state index contributed by atoms with van der Waals surface area (Å²) in [5.74, 6) is 1.73. The van der Waals surface area contributed by atoms with E-state index in [-0.39, 0.29) is 0 Å². The molecule has 3 nitrogen and oxygen atoms in total. The van der Waals surface area contributed by atoms with Crippen LogP contribution in [0.4, 0.5) is 5.69 Å². The van der Waals surface area contributed by atoms with Gasteiger partial charge in [0.1, 0.15) is 24.7 Å². The summed E-state index contributed by atoms with van der Waals surface area (Å²) in [6.07, 6.45) is 4.83. The second kappa shape index (κ2) is 6.53. The molecule has 0 aromatic heterocycles. The Balaban J connectivity index is 1.55. The first kappa shape index (κ1) is 13.8. The van der Waals surface area contributed by atoms with E-state index in [9.17, 15) is 0 Å². The second-order valence-corrected chi connectivity index (χ2v) is 5.34. The molecule has 21 heavy (non-hydrogen) atoms. The van der Waals surface area contributed by atoms with Gasteiger partial charge in [0, 0.05) is 0 Å². The summed E-state index contributed by atoms with van der Waals surface area (Å²) < 4.78 is 11.6. The van der Waals surface area contributed by atoms with Gasteiger partial charge in [-0.25, -0.2) is 0 Å². The Kier molecular flexibility index (Phi) is 4.29. The minimum atomic E-state index is 0.498. The maximum atomic E-state index is 5.90. The second-order valence-electron chi connectivity index (χ2n) is 5.34. The topological polar surface area (TPSA) is 44.5 Å². The van der Waals surface area contributed by atoms with E-state index in [0.717, 1.165) is 17.9 Å². The molecule has 0 saturated heterocycles. The molecule has 0 spiro atoms. The van der Waals surface area contributed by atoms with E-state index in [2.05, 4.69) is 18.2 Å². The van der Waals surface area contributed by atoms with Crippen LogP contribution in [-0.2, 0) is 12.8 Å². The zero-order chi connectivity index (χ0) is 14.5. The maximum absolute atomic E-state index is 5.90. The molecule has 3 rings (SSSR count). The Bertz CT molecular complexity index is 610. The largest absolute Gasteiger partial charge is 0.490 e. The molecule has 0 amide bonds. The lowest BCUT2D eigenvalue weighted by molar-refractivity contribution is 0.216. The minimum Gasteiger partial charge on any atom is -0.490 e. The predicted molar refractivity (Wildman–Crippen MR) is 84.9 cm³/mol. The molecule has 0 saturated carbocycles. The number of hydrogen-bond donors (Lipinski definition) is 1. The summed E-state index contributed by atoms with van der Waals surface area (Å²) >= 11 is 0. The molecular formula is C18H21NO2. The molecule has 0 bridgehead atoms. The van der Waals surface area contributed by atoms with E-state index < -0.39 is 0 Å². The van der Waals surface area contributed by atoms with Crippen molar-refractivity contribution >= 4 is 5.69 Å². The highest BCUT2D eigenvalue weighted by Gasteiger charge is 2.13. The van der Waals surface area contributed by atoms with Crippen molar-refractivity contribution < 1.29 is 9.47 Å². The van der Waals surface area contributed by atoms with Gasteiger partial charge < -0.3 is 15.2 Å². The van der Waals surface area contributed by atoms with Crippen molar-refractivity contribution in [3.8, 4) is 11.5 Å². The highest BCUT2D eigenvalue weighted by atomic mass is 16.5. The molecular weight excluding hydrogens is 262 g/mol. The lowest BCUT2D eigenvalue weighted by Crippen LogP contribution is -2.12. The molecule has 1 aliphatic rings. The van der Waals surface area contributed by atoms with E-state index in [1.165, 1.54) is 30.4 Å². The van der Waals surface area contributed by atoms with Crippen molar-refractivity contribution in [2.24, 2.45) is 0 Å². The van der Waals surface area contributed by atoms with Crippen LogP contribution in [0, 0.1) is 0 Å². The van der Waals surface area contributed by atoms with Gasteiger partial charge in [0.05, 0.1) is 5.69 Å². The first-order valence-electron chi connectivity index (χ1n) is 7.55. The fourth-order valence-corrected chi connectivity index (χ4v) is 2.80. The van der Waals surface area contributed by atoms with Crippen molar-refractivity contribution in [1.29, 1.82) is 0 Å². The number of rotatable bonds is 5. The SMILES string of the molecule is Nc1ccccc1OCCOc1cccc2c1CCCC2. The molecule has 2 N–H and O–H groups in total. The third-order valence-electron chi connectivity index (χ3n) is 3.87. The summed E-state index contributed by atoms with van der Waals surface area (Å²) in [5, 5.41) is 0. The molecule has 0 aliphatic heterocycles. The average molecular weight is 283 g/mol. The van der Waals surface area contributed by atoms with Crippen molar-refractivity contribution in [3.63, 3.8) is 0 Å². The zero-order valence-electron chi connectivity index (χ0n) is 12.2. The molecule has 0 heterocycles. The maximum Gasteiger partial charge on any atom is 0.142 e. The highest BCUT2D eigenvalue weighted by molar-refractivity contribution is 5.51. The van der Waals surface area contributed by atoms with Gasteiger partial charge in [-0.2, -0.15) is 0 Å². The highest BCUT2D eigenvalue weighted by Crippen LogP contribution is 2.29. The van der Waals surface area contributed by atoms with E-state index in [4.69, 9.17) is 15.2 Å². The number of hydrogen-bond acceptors (Lipinski definition) is 3. The molecule has 3 heteroatoms. The van der Waals surface area contributed by atoms with Gasteiger partial charge in [0.25, 0.3) is 0 Å². The summed E-state index contributed by atoms with van der Waals surface area (Å²) in [7, 11) is 0. The number of aryl methyl sites for hydroxylation is 1. The van der Waals surface area contributed by atoms with Gasteiger partial charge in [-0.3, -0.25) is 0 Å². The predicted octanol–water partition coefficient (Wildman–Crippen LogP) is 3.61. The normalized spacial score (nSPS) is 13.5. The van der Waals surface area contributed by atoms with Crippen molar-refractivity contribution in [1.82, 2.24) is 0 Å². The van der Waals surface area contributed by atoms with E-state index >= 15 is 0 Å². The molecule has 0 unspecified atom stereocenters. The van der Waals surface area contributed by atoms with Gasteiger partial charge >= 0.3 is 0 Å². The van der Waals surface area contributed by atoms with E-state index in [0.29, 0.717) is 18.9 Å². The van der Waals surface area contributed by atoms with Crippen LogP contribution < -0.4 is 15.2 Å². The van der Waals surface area contributed by atoms with Crippen LogP contribution in [-0.4, -0.2) is 13.2 Å². The Hall–Kier alpha value is -2.16. The third-order valence-corrected chi connectivity index (χ3v) is 3.87. The van der Waals surface area contributed by atoms with Gasteiger partial charge in [-0.05, 0) is 55.0 Å². The van der Waals surface area contributed by atoms with Crippen LogP contribution in [0.5, 0.6) is 11.5 Å². The van der Waals surface area contributed by atoms with Gasteiger partial charge in [-0.15, -0.1) is 0 Å². The number of nitrogen functional groups attached to an aromatic ring is 1. The number of nitrogens with two attached hydrogens (primary N) is 1. The van der Waals surface area contributed by atoms with Crippen LogP contribution in [0.1, 0.15) is 24.0 Å². The van der Waals surface area contributed by atoms with Crippen LogP contribution in [0.15, 0.2) is 42.5 Å². The first-order chi connectivity index (χ1) is 10.3. The average Bonchev–Trinajstić information content (AvgIpc) is 2.53. The quantitative estimate of drug-likeness (QED) is 0.673. The van der Waals surface area contributed by atoms with Gasteiger partial charge in [0.15, 0.2) is 0 Å². The molecule has 2 aromatic carbocycles. The molecule has 0 atom stereocenters. The fraction of sp³-hybridized carbons (Fsp3) is 0.333. The Morgan fingerprint density at radius 2 is 1.52 bits per heavy atom. The summed E-state index contributed by atoms with van der Waals surface area (Å²) in [6.45, 7) is 1.03. The Morgan fingerprint density at radius 1 is 0.810 bits per heavy atom. The van der Waals surface area contributed by atoms with E-state index in [1.54, 1.807) is 0 Å². The molecule has 2 aromatic rings. The van der Waals surface area contributed by atoms with Crippen molar-refractivity contribution in [2.45, 2.75) is 25.7 Å². The fourth-order valence-electron chi connectivity index (χ4n) is 2.80. The molecule has 0 fully saturated rings. The monoisotopic (exact) mass is 283 g/mol. The van der Waals surface area contributed by atoms with Gasteiger partial charge in [-0.1, -0.05) is 24.3 Å². The van der Waals surface area contributed by atoms with Gasteiger partial charge in [0.2, 0.25) is 0 Å². The Labute approximate surface area is 125 Å². The molecule has 110 valence electrons. The number of benzene rings is 2. The zero-order valence-corrected chi connectivity index (χ0v) is 12.2.